The first-order valence-corrected chi connectivity index (χ1v) is 8.59. The quantitative estimate of drug-likeness (QED) is 0.831. The lowest BCUT2D eigenvalue weighted by Gasteiger charge is -2.18. The maximum absolute atomic E-state index is 12.3. The highest BCUT2D eigenvalue weighted by molar-refractivity contribution is 6.34. The number of aryl methyl sites for hydroxylation is 3. The number of likely N-dealkylation sites (N-methyl/N-ethyl adjacent to an activating group) is 1. The van der Waals surface area contributed by atoms with Gasteiger partial charge in [-0.25, -0.2) is 0 Å². The summed E-state index contributed by atoms with van der Waals surface area (Å²) in [5.41, 5.74) is 5.29. The molecule has 0 aliphatic rings. The second kappa shape index (κ2) is 8.32. The van der Waals surface area contributed by atoms with Gasteiger partial charge in [0.1, 0.15) is 0 Å². The van der Waals surface area contributed by atoms with Crippen molar-refractivity contribution in [2.24, 2.45) is 0 Å². The number of nitrogens with one attached hydrogen (secondary N) is 1. The molecule has 0 aliphatic carbocycles. The average molecular weight is 345 g/mol. The van der Waals surface area contributed by atoms with Crippen molar-refractivity contribution in [2.75, 3.05) is 18.9 Å². The number of carbonyl (C=O) groups excluding carboxylic acids is 1. The number of benzene rings is 2. The molecule has 0 spiro atoms. The van der Waals surface area contributed by atoms with Crippen LogP contribution < -0.4 is 5.32 Å². The third-order valence-electron chi connectivity index (χ3n) is 3.99. The molecule has 0 radical (unpaired) electrons. The summed E-state index contributed by atoms with van der Waals surface area (Å²) in [5.74, 6) is -0.0588. The molecular formula is C20H25ClN2O. The van der Waals surface area contributed by atoms with Crippen molar-refractivity contribution >= 4 is 23.2 Å². The molecule has 0 fully saturated rings. The molecule has 0 aromatic heterocycles. The van der Waals surface area contributed by atoms with Crippen molar-refractivity contribution in [3.8, 4) is 0 Å². The third-order valence-corrected chi connectivity index (χ3v) is 4.29. The van der Waals surface area contributed by atoms with E-state index in [1.807, 2.05) is 37.9 Å². The highest BCUT2D eigenvalue weighted by Gasteiger charge is 2.12. The van der Waals surface area contributed by atoms with Crippen LogP contribution in [-0.4, -0.2) is 24.4 Å². The van der Waals surface area contributed by atoms with Gasteiger partial charge in [-0.3, -0.25) is 9.69 Å². The fourth-order valence-corrected chi connectivity index (χ4v) is 3.11. The van der Waals surface area contributed by atoms with E-state index in [0.29, 0.717) is 17.3 Å². The van der Waals surface area contributed by atoms with E-state index < -0.39 is 0 Å². The van der Waals surface area contributed by atoms with E-state index in [-0.39, 0.29) is 5.91 Å². The van der Waals surface area contributed by atoms with Crippen molar-refractivity contribution in [3.63, 3.8) is 0 Å². The number of halogens is 1. The Hall–Kier alpha value is -1.84. The van der Waals surface area contributed by atoms with E-state index in [9.17, 15) is 4.79 Å². The molecule has 0 saturated heterocycles. The van der Waals surface area contributed by atoms with Crippen molar-refractivity contribution in [1.82, 2.24) is 4.90 Å². The summed E-state index contributed by atoms with van der Waals surface area (Å²) in [6, 6.07) is 12.4. The second-order valence-electron chi connectivity index (χ2n) is 6.33. The first-order valence-electron chi connectivity index (χ1n) is 8.22. The number of amides is 1. The van der Waals surface area contributed by atoms with Crippen LogP contribution >= 0.6 is 11.6 Å². The van der Waals surface area contributed by atoms with Gasteiger partial charge in [0, 0.05) is 6.54 Å². The first kappa shape index (κ1) is 18.5. The minimum absolute atomic E-state index is 0.0588. The molecule has 0 unspecified atom stereocenters. The van der Waals surface area contributed by atoms with Gasteiger partial charge in [-0.1, -0.05) is 48.9 Å². The Morgan fingerprint density at radius 2 is 1.75 bits per heavy atom. The molecule has 0 bridgehead atoms. The van der Waals surface area contributed by atoms with E-state index in [2.05, 4.69) is 36.5 Å². The Balaban J connectivity index is 1.94. The molecule has 128 valence electrons. The highest BCUT2D eigenvalue weighted by atomic mass is 35.5. The molecule has 2 aromatic carbocycles. The zero-order chi connectivity index (χ0) is 17.7. The summed E-state index contributed by atoms with van der Waals surface area (Å²) >= 11 is 6.25. The van der Waals surface area contributed by atoms with Crippen LogP contribution in [0.3, 0.4) is 0 Å². The maximum atomic E-state index is 12.3. The van der Waals surface area contributed by atoms with Crippen LogP contribution in [0.15, 0.2) is 36.4 Å². The number of hydrogen-bond donors (Lipinski definition) is 1. The van der Waals surface area contributed by atoms with Gasteiger partial charge in [-0.15, -0.1) is 0 Å². The van der Waals surface area contributed by atoms with Crippen molar-refractivity contribution in [2.45, 2.75) is 33.7 Å². The number of nitrogens with zero attached hydrogens (tertiary/aromatic N) is 1. The van der Waals surface area contributed by atoms with Crippen LogP contribution in [0, 0.1) is 13.8 Å². The van der Waals surface area contributed by atoms with E-state index in [4.69, 9.17) is 11.6 Å². The SMILES string of the molecule is CCc1ccc(CN(C)CC(=O)Nc2c(C)cc(C)cc2Cl)cc1. The molecule has 3 nitrogen and oxygen atoms in total. The van der Waals surface area contributed by atoms with Crippen LogP contribution in [0.25, 0.3) is 0 Å². The zero-order valence-electron chi connectivity index (χ0n) is 14.8. The predicted molar refractivity (Wildman–Crippen MR) is 102 cm³/mol. The molecule has 2 rings (SSSR count). The molecule has 2 aromatic rings. The number of carbonyl (C=O) groups is 1. The lowest BCUT2D eigenvalue weighted by atomic mass is 10.1. The standard InChI is InChI=1S/C20H25ClN2O/c1-5-16-6-8-17(9-7-16)12-23(4)13-19(24)22-20-15(3)10-14(2)11-18(20)21/h6-11H,5,12-13H2,1-4H3,(H,22,24). The van der Waals surface area contributed by atoms with E-state index in [1.165, 1.54) is 11.1 Å². The van der Waals surface area contributed by atoms with Crippen LogP contribution in [0.1, 0.15) is 29.2 Å². The minimum Gasteiger partial charge on any atom is -0.323 e. The van der Waals surface area contributed by atoms with Crippen LogP contribution in [0.5, 0.6) is 0 Å². The first-order chi connectivity index (χ1) is 11.4. The molecule has 0 saturated carbocycles. The number of rotatable bonds is 6. The Labute approximate surface area is 149 Å². The van der Waals surface area contributed by atoms with Gasteiger partial charge in [0.15, 0.2) is 0 Å². The van der Waals surface area contributed by atoms with Crippen molar-refractivity contribution in [1.29, 1.82) is 0 Å². The normalized spacial score (nSPS) is 10.9. The van der Waals surface area contributed by atoms with Gasteiger partial charge in [0.2, 0.25) is 5.91 Å². The van der Waals surface area contributed by atoms with Crippen molar-refractivity contribution < 1.29 is 4.79 Å². The molecule has 4 heteroatoms. The summed E-state index contributed by atoms with van der Waals surface area (Å²) < 4.78 is 0. The smallest absolute Gasteiger partial charge is 0.238 e. The summed E-state index contributed by atoms with van der Waals surface area (Å²) in [4.78, 5) is 14.3. The second-order valence-corrected chi connectivity index (χ2v) is 6.74. The number of hydrogen-bond acceptors (Lipinski definition) is 2. The lowest BCUT2D eigenvalue weighted by molar-refractivity contribution is -0.117. The fraction of sp³-hybridized carbons (Fsp3) is 0.350. The van der Waals surface area contributed by atoms with Gasteiger partial charge in [-0.05, 0) is 55.6 Å². The molecule has 0 aliphatic heterocycles. The van der Waals surface area contributed by atoms with Crippen LogP contribution in [0.4, 0.5) is 5.69 Å². The van der Waals surface area contributed by atoms with E-state index >= 15 is 0 Å². The Morgan fingerprint density at radius 3 is 2.33 bits per heavy atom. The molecule has 1 amide bonds. The highest BCUT2D eigenvalue weighted by Crippen LogP contribution is 2.27. The van der Waals surface area contributed by atoms with Gasteiger partial charge >= 0.3 is 0 Å². The molecule has 1 N–H and O–H groups in total. The van der Waals surface area contributed by atoms with Gasteiger partial charge < -0.3 is 5.32 Å². The van der Waals surface area contributed by atoms with E-state index in [0.717, 1.165) is 24.1 Å². The van der Waals surface area contributed by atoms with Crippen LogP contribution in [0.2, 0.25) is 5.02 Å². The molecular weight excluding hydrogens is 320 g/mol. The van der Waals surface area contributed by atoms with Gasteiger partial charge in [0.05, 0.1) is 17.3 Å². The largest absolute Gasteiger partial charge is 0.323 e. The molecule has 0 heterocycles. The summed E-state index contributed by atoms with van der Waals surface area (Å²) in [7, 11) is 1.94. The summed E-state index contributed by atoms with van der Waals surface area (Å²) in [6.45, 7) is 7.14. The zero-order valence-corrected chi connectivity index (χ0v) is 15.6. The monoisotopic (exact) mass is 344 g/mol. The topological polar surface area (TPSA) is 32.3 Å². The minimum atomic E-state index is -0.0588. The summed E-state index contributed by atoms with van der Waals surface area (Å²) in [6.07, 6.45) is 1.04. The molecule has 0 atom stereocenters. The Bertz CT molecular complexity index is 687. The Morgan fingerprint density at radius 1 is 1.12 bits per heavy atom. The van der Waals surface area contributed by atoms with Crippen LogP contribution in [-0.2, 0) is 17.8 Å². The fourth-order valence-electron chi connectivity index (χ4n) is 2.75. The maximum Gasteiger partial charge on any atom is 0.238 e. The van der Waals surface area contributed by atoms with E-state index in [1.54, 1.807) is 0 Å². The van der Waals surface area contributed by atoms with Crippen molar-refractivity contribution in [3.05, 3.63) is 63.7 Å². The lowest BCUT2D eigenvalue weighted by Crippen LogP contribution is -2.30. The predicted octanol–water partition coefficient (Wildman–Crippen LogP) is 4.59. The number of anilines is 1. The Kier molecular flexibility index (Phi) is 6.41. The van der Waals surface area contributed by atoms with Gasteiger partial charge in [0.25, 0.3) is 0 Å². The molecule has 24 heavy (non-hydrogen) atoms. The third kappa shape index (κ3) is 5.08. The van der Waals surface area contributed by atoms with Gasteiger partial charge in [-0.2, -0.15) is 0 Å². The average Bonchev–Trinajstić information content (AvgIpc) is 2.51. The summed E-state index contributed by atoms with van der Waals surface area (Å²) in [5, 5.41) is 3.51.